The van der Waals surface area contributed by atoms with E-state index in [0.717, 1.165) is 52.4 Å². The Hall–Kier alpha value is -0.210. The number of nitrogens with zero attached hydrogens (tertiary/aromatic N) is 2. The van der Waals surface area contributed by atoms with Crippen LogP contribution >= 0.6 is 0 Å². The number of nitrogens with one attached hydrogen (secondary N) is 1. The Morgan fingerprint density at radius 1 is 1.24 bits per heavy atom. The molecule has 0 bridgehead atoms. The number of ether oxygens (including phenoxy) is 1. The third-order valence-corrected chi connectivity index (χ3v) is 5.17. The SMILES string of the molecule is CC(C)(CN1CC[C@H](CNS(C)(=O)=O)C1)N1CCOCC1. The molecule has 2 aliphatic heterocycles. The van der Waals surface area contributed by atoms with Crippen molar-refractivity contribution in [2.45, 2.75) is 25.8 Å². The maximum Gasteiger partial charge on any atom is 0.208 e. The third kappa shape index (κ3) is 5.49. The summed E-state index contributed by atoms with van der Waals surface area (Å²) in [5, 5.41) is 0. The number of rotatable bonds is 6. The average Bonchev–Trinajstić information content (AvgIpc) is 2.84. The van der Waals surface area contributed by atoms with Crippen LogP contribution in [-0.2, 0) is 14.8 Å². The molecule has 0 amide bonds. The maximum atomic E-state index is 11.2. The van der Waals surface area contributed by atoms with Crippen molar-refractivity contribution in [2.24, 2.45) is 5.92 Å². The molecule has 21 heavy (non-hydrogen) atoms. The Labute approximate surface area is 128 Å². The van der Waals surface area contributed by atoms with Crippen LogP contribution in [0.1, 0.15) is 20.3 Å². The van der Waals surface area contributed by atoms with Crippen LogP contribution in [0.3, 0.4) is 0 Å². The summed E-state index contributed by atoms with van der Waals surface area (Å²) in [7, 11) is -3.07. The second-order valence-electron chi connectivity index (χ2n) is 6.92. The van der Waals surface area contributed by atoms with Gasteiger partial charge in [0.05, 0.1) is 19.5 Å². The highest BCUT2D eigenvalue weighted by Crippen LogP contribution is 2.22. The zero-order valence-electron chi connectivity index (χ0n) is 13.5. The van der Waals surface area contributed by atoms with Gasteiger partial charge >= 0.3 is 0 Å². The number of hydrogen-bond donors (Lipinski definition) is 1. The van der Waals surface area contributed by atoms with Gasteiger partial charge in [-0.1, -0.05) is 0 Å². The predicted molar refractivity (Wildman–Crippen MR) is 83.9 cm³/mol. The first-order valence-corrected chi connectivity index (χ1v) is 9.65. The lowest BCUT2D eigenvalue weighted by molar-refractivity contribution is -0.0198. The normalized spacial score (nSPS) is 26.3. The van der Waals surface area contributed by atoms with Crippen LogP contribution in [0, 0.1) is 5.92 Å². The minimum atomic E-state index is -3.07. The summed E-state index contributed by atoms with van der Waals surface area (Å²) in [6, 6.07) is 0. The van der Waals surface area contributed by atoms with Gasteiger partial charge in [-0.15, -0.1) is 0 Å². The molecule has 0 aromatic heterocycles. The van der Waals surface area contributed by atoms with Gasteiger partial charge in [0.25, 0.3) is 0 Å². The fraction of sp³-hybridized carbons (Fsp3) is 1.00. The molecule has 0 saturated carbocycles. The van der Waals surface area contributed by atoms with E-state index in [0.29, 0.717) is 12.5 Å². The Morgan fingerprint density at radius 2 is 1.90 bits per heavy atom. The van der Waals surface area contributed by atoms with Gasteiger partial charge in [-0.05, 0) is 32.7 Å². The lowest BCUT2D eigenvalue weighted by Gasteiger charge is -2.43. The van der Waals surface area contributed by atoms with Crippen molar-refractivity contribution in [1.29, 1.82) is 0 Å². The van der Waals surface area contributed by atoms with E-state index < -0.39 is 10.0 Å². The molecule has 0 aromatic carbocycles. The van der Waals surface area contributed by atoms with Crippen LogP contribution < -0.4 is 4.72 Å². The highest BCUT2D eigenvalue weighted by Gasteiger charge is 2.33. The van der Waals surface area contributed by atoms with Crippen LogP contribution in [0.25, 0.3) is 0 Å². The fourth-order valence-electron chi connectivity index (χ4n) is 3.31. The molecular formula is C14H29N3O3S. The second kappa shape index (κ2) is 6.91. The van der Waals surface area contributed by atoms with Gasteiger partial charge in [0.15, 0.2) is 0 Å². The summed E-state index contributed by atoms with van der Waals surface area (Å²) in [6.07, 6.45) is 2.29. The van der Waals surface area contributed by atoms with Gasteiger partial charge in [0, 0.05) is 38.3 Å². The first-order valence-electron chi connectivity index (χ1n) is 7.76. The number of hydrogen-bond acceptors (Lipinski definition) is 5. The zero-order valence-corrected chi connectivity index (χ0v) is 14.3. The lowest BCUT2D eigenvalue weighted by Crippen LogP contribution is -2.55. The molecule has 124 valence electrons. The maximum absolute atomic E-state index is 11.2. The molecule has 2 rings (SSSR count). The van der Waals surface area contributed by atoms with Crippen molar-refractivity contribution in [3.63, 3.8) is 0 Å². The summed E-state index contributed by atoms with van der Waals surface area (Å²) in [5.74, 6) is 0.431. The summed E-state index contributed by atoms with van der Waals surface area (Å²) in [4.78, 5) is 4.96. The van der Waals surface area contributed by atoms with Crippen molar-refractivity contribution >= 4 is 10.0 Å². The summed E-state index contributed by atoms with van der Waals surface area (Å²) in [6.45, 7) is 11.9. The summed E-state index contributed by atoms with van der Waals surface area (Å²) < 4.78 is 30.4. The number of morpholine rings is 1. The topological polar surface area (TPSA) is 61.9 Å². The molecule has 0 aliphatic carbocycles. The van der Waals surface area contributed by atoms with Gasteiger partial charge in [0.2, 0.25) is 10.0 Å². The molecule has 2 heterocycles. The molecular weight excluding hydrogens is 290 g/mol. The van der Waals surface area contributed by atoms with Gasteiger partial charge in [0.1, 0.15) is 0 Å². The number of likely N-dealkylation sites (tertiary alicyclic amines) is 1. The van der Waals surface area contributed by atoms with E-state index in [-0.39, 0.29) is 5.54 Å². The highest BCUT2D eigenvalue weighted by molar-refractivity contribution is 7.88. The van der Waals surface area contributed by atoms with Crippen LogP contribution in [0.4, 0.5) is 0 Å². The molecule has 0 aromatic rings. The van der Waals surface area contributed by atoms with Crippen LogP contribution in [0.15, 0.2) is 0 Å². The van der Waals surface area contributed by atoms with Crippen molar-refractivity contribution in [3.8, 4) is 0 Å². The minimum Gasteiger partial charge on any atom is -0.379 e. The molecule has 0 radical (unpaired) electrons. The quantitative estimate of drug-likeness (QED) is 0.745. The monoisotopic (exact) mass is 319 g/mol. The summed E-state index contributed by atoms with van der Waals surface area (Å²) in [5.41, 5.74) is 0.142. The van der Waals surface area contributed by atoms with Crippen molar-refractivity contribution in [2.75, 3.05) is 58.7 Å². The van der Waals surface area contributed by atoms with E-state index in [9.17, 15) is 8.42 Å². The van der Waals surface area contributed by atoms with Crippen LogP contribution in [-0.4, -0.2) is 82.5 Å². The largest absolute Gasteiger partial charge is 0.379 e. The second-order valence-corrected chi connectivity index (χ2v) is 8.76. The molecule has 2 fully saturated rings. The Bertz CT molecular complexity index is 433. The van der Waals surface area contributed by atoms with Crippen molar-refractivity contribution < 1.29 is 13.2 Å². The van der Waals surface area contributed by atoms with E-state index in [1.807, 2.05) is 0 Å². The van der Waals surface area contributed by atoms with E-state index in [1.54, 1.807) is 0 Å². The standard InChI is InChI=1S/C14H29N3O3S/c1-14(2,17-6-8-20-9-7-17)12-16-5-4-13(11-16)10-15-21(3,18)19/h13,15H,4-12H2,1-3H3/t13-/m1/s1. The molecule has 7 heteroatoms. The summed E-state index contributed by atoms with van der Waals surface area (Å²) >= 11 is 0. The molecule has 1 atom stereocenters. The first kappa shape index (κ1) is 17.1. The molecule has 2 saturated heterocycles. The van der Waals surface area contributed by atoms with E-state index in [1.165, 1.54) is 6.26 Å². The Kier molecular flexibility index (Phi) is 5.65. The van der Waals surface area contributed by atoms with E-state index >= 15 is 0 Å². The van der Waals surface area contributed by atoms with E-state index in [2.05, 4.69) is 28.4 Å². The molecule has 0 unspecified atom stereocenters. The average molecular weight is 319 g/mol. The van der Waals surface area contributed by atoms with Crippen LogP contribution in [0.2, 0.25) is 0 Å². The molecule has 2 aliphatic rings. The molecule has 6 nitrogen and oxygen atoms in total. The molecule has 0 spiro atoms. The fourth-order valence-corrected chi connectivity index (χ4v) is 3.85. The van der Waals surface area contributed by atoms with Gasteiger partial charge in [-0.3, -0.25) is 4.90 Å². The smallest absolute Gasteiger partial charge is 0.208 e. The predicted octanol–water partition coefficient (Wildman–Crippen LogP) is -0.0317. The zero-order chi connectivity index (χ0) is 15.5. The lowest BCUT2D eigenvalue weighted by atomic mass is 10.0. The Morgan fingerprint density at radius 3 is 2.52 bits per heavy atom. The van der Waals surface area contributed by atoms with E-state index in [4.69, 9.17) is 4.74 Å². The van der Waals surface area contributed by atoms with Crippen LogP contribution in [0.5, 0.6) is 0 Å². The van der Waals surface area contributed by atoms with Gasteiger partial charge < -0.3 is 9.64 Å². The Balaban J connectivity index is 1.78. The van der Waals surface area contributed by atoms with Crippen molar-refractivity contribution in [3.05, 3.63) is 0 Å². The first-order chi connectivity index (χ1) is 9.76. The number of sulfonamides is 1. The minimum absolute atomic E-state index is 0.142. The van der Waals surface area contributed by atoms with Gasteiger partial charge in [-0.2, -0.15) is 0 Å². The third-order valence-electron chi connectivity index (χ3n) is 4.48. The highest BCUT2D eigenvalue weighted by atomic mass is 32.2. The van der Waals surface area contributed by atoms with Crippen molar-refractivity contribution in [1.82, 2.24) is 14.5 Å². The molecule has 1 N–H and O–H groups in total. The van der Waals surface area contributed by atoms with Gasteiger partial charge in [-0.25, -0.2) is 13.1 Å².